The van der Waals surface area contributed by atoms with Gasteiger partial charge in [-0.1, -0.05) is 30.3 Å². The number of benzene rings is 1. The van der Waals surface area contributed by atoms with Gasteiger partial charge in [-0.2, -0.15) is 0 Å². The summed E-state index contributed by atoms with van der Waals surface area (Å²) in [6, 6.07) is 11.2. The maximum atomic E-state index is 10.7. The summed E-state index contributed by atoms with van der Waals surface area (Å²) in [5, 5.41) is 10.9. The lowest BCUT2D eigenvalue weighted by atomic mass is 10.0. The van der Waals surface area contributed by atoms with Crippen LogP contribution in [0.2, 0.25) is 0 Å². The van der Waals surface area contributed by atoms with E-state index in [9.17, 15) is 4.79 Å². The highest BCUT2D eigenvalue weighted by molar-refractivity contribution is 7.09. The first-order chi connectivity index (χ1) is 8.65. The van der Waals surface area contributed by atoms with Gasteiger partial charge in [0.15, 0.2) is 0 Å². The van der Waals surface area contributed by atoms with E-state index in [0.29, 0.717) is 6.42 Å². The number of carboxylic acids is 1. The third-order valence-electron chi connectivity index (χ3n) is 2.72. The molecule has 0 fully saturated rings. The molecule has 3 nitrogen and oxygen atoms in total. The number of aliphatic carboxylic acids is 1. The van der Waals surface area contributed by atoms with E-state index in [0.717, 1.165) is 12.0 Å². The van der Waals surface area contributed by atoms with E-state index in [2.05, 4.69) is 17.5 Å². The van der Waals surface area contributed by atoms with Crippen molar-refractivity contribution in [2.45, 2.75) is 18.9 Å². The Labute approximate surface area is 110 Å². The first-order valence-corrected chi connectivity index (χ1v) is 6.61. The van der Waals surface area contributed by atoms with E-state index in [-0.39, 0.29) is 0 Å². The lowest BCUT2D eigenvalue weighted by Crippen LogP contribution is -2.32. The Hall–Kier alpha value is -1.65. The van der Waals surface area contributed by atoms with Gasteiger partial charge in [0.05, 0.1) is 0 Å². The minimum Gasteiger partial charge on any atom is -0.480 e. The number of hydrogen-bond donors (Lipinski definition) is 2. The molecule has 0 aliphatic carbocycles. The van der Waals surface area contributed by atoms with E-state index in [1.807, 2.05) is 24.3 Å². The fraction of sp³-hybridized carbons (Fsp3) is 0.214. The fourth-order valence-electron chi connectivity index (χ4n) is 1.82. The van der Waals surface area contributed by atoms with Gasteiger partial charge >= 0.3 is 5.97 Å². The summed E-state index contributed by atoms with van der Waals surface area (Å²) in [7, 11) is 0. The van der Waals surface area contributed by atoms with Gasteiger partial charge in [-0.05, 0) is 29.0 Å². The van der Waals surface area contributed by atoms with Crippen LogP contribution in [0.15, 0.2) is 41.8 Å². The molecule has 0 amide bonds. The molecule has 0 aliphatic rings. The molecule has 94 valence electrons. The third kappa shape index (κ3) is 3.42. The van der Waals surface area contributed by atoms with Crippen LogP contribution in [0.5, 0.6) is 0 Å². The Bertz CT molecular complexity index is 522. The zero-order valence-corrected chi connectivity index (χ0v) is 10.7. The summed E-state index contributed by atoms with van der Waals surface area (Å²) in [6.07, 6.45) is 1.25. The van der Waals surface area contributed by atoms with Crippen molar-refractivity contribution < 1.29 is 9.90 Å². The average molecular weight is 261 g/mol. The van der Waals surface area contributed by atoms with Gasteiger partial charge in [0.1, 0.15) is 6.04 Å². The van der Waals surface area contributed by atoms with Crippen molar-refractivity contribution in [1.82, 2.24) is 0 Å². The van der Waals surface area contributed by atoms with Gasteiger partial charge in [-0.15, -0.1) is 11.3 Å². The highest BCUT2D eigenvalue weighted by atomic mass is 32.1. The van der Waals surface area contributed by atoms with Crippen LogP contribution in [0.25, 0.3) is 0 Å². The fourth-order valence-corrected chi connectivity index (χ4v) is 2.56. The molecule has 1 aromatic heterocycles. The van der Waals surface area contributed by atoms with Crippen molar-refractivity contribution in [2.24, 2.45) is 5.73 Å². The molecule has 0 radical (unpaired) electrons. The molecule has 18 heavy (non-hydrogen) atoms. The Balaban J connectivity index is 2.07. The number of nitrogens with two attached hydrogens (primary N) is 1. The summed E-state index contributed by atoms with van der Waals surface area (Å²) in [5.41, 5.74) is 7.70. The Kier molecular flexibility index (Phi) is 4.12. The molecule has 4 heteroatoms. The Morgan fingerprint density at radius 3 is 2.72 bits per heavy atom. The van der Waals surface area contributed by atoms with Gasteiger partial charge in [0, 0.05) is 11.3 Å². The molecule has 1 aromatic carbocycles. The van der Waals surface area contributed by atoms with Crippen molar-refractivity contribution in [3.63, 3.8) is 0 Å². The number of carbonyl (C=O) groups is 1. The van der Waals surface area contributed by atoms with Crippen molar-refractivity contribution in [1.29, 1.82) is 0 Å². The standard InChI is InChI=1S/C14H15NO2S/c15-13(14(16)17)9-11-4-1-3-10(7-11)8-12-5-2-6-18-12/h1-7,13H,8-9,15H2,(H,16,17)/t13-/m0/s1. The smallest absolute Gasteiger partial charge is 0.320 e. The lowest BCUT2D eigenvalue weighted by molar-refractivity contribution is -0.138. The minimum absolute atomic E-state index is 0.369. The van der Waals surface area contributed by atoms with Crippen LogP contribution in [-0.2, 0) is 17.6 Å². The summed E-state index contributed by atoms with van der Waals surface area (Å²) >= 11 is 1.72. The Morgan fingerprint density at radius 1 is 1.28 bits per heavy atom. The third-order valence-corrected chi connectivity index (χ3v) is 3.60. The molecule has 0 spiro atoms. The van der Waals surface area contributed by atoms with Gasteiger partial charge in [0.2, 0.25) is 0 Å². The summed E-state index contributed by atoms with van der Waals surface area (Å²) in [6.45, 7) is 0. The van der Waals surface area contributed by atoms with Crippen molar-refractivity contribution >= 4 is 17.3 Å². The molecule has 0 saturated carbocycles. The predicted octanol–water partition coefficient (Wildman–Crippen LogP) is 2.29. The molecule has 0 bridgehead atoms. The SMILES string of the molecule is N[C@@H](Cc1cccc(Cc2cccs2)c1)C(=O)O. The summed E-state index contributed by atoms with van der Waals surface area (Å²) < 4.78 is 0. The zero-order chi connectivity index (χ0) is 13.0. The molecular weight excluding hydrogens is 246 g/mol. The largest absolute Gasteiger partial charge is 0.480 e. The van der Waals surface area contributed by atoms with Crippen LogP contribution < -0.4 is 5.73 Å². The molecule has 2 aromatic rings. The first kappa shape index (κ1) is 12.8. The van der Waals surface area contributed by atoms with Crippen molar-refractivity contribution in [3.05, 3.63) is 57.8 Å². The van der Waals surface area contributed by atoms with Gasteiger partial charge in [-0.25, -0.2) is 0 Å². The number of rotatable bonds is 5. The lowest BCUT2D eigenvalue weighted by Gasteiger charge is -2.08. The highest BCUT2D eigenvalue weighted by Crippen LogP contribution is 2.16. The first-order valence-electron chi connectivity index (χ1n) is 5.74. The van der Waals surface area contributed by atoms with E-state index < -0.39 is 12.0 Å². The van der Waals surface area contributed by atoms with E-state index >= 15 is 0 Å². The van der Waals surface area contributed by atoms with Crippen LogP contribution in [-0.4, -0.2) is 17.1 Å². The van der Waals surface area contributed by atoms with Crippen LogP contribution in [0.1, 0.15) is 16.0 Å². The van der Waals surface area contributed by atoms with Crippen LogP contribution in [0.3, 0.4) is 0 Å². The molecule has 1 atom stereocenters. The zero-order valence-electron chi connectivity index (χ0n) is 9.87. The quantitative estimate of drug-likeness (QED) is 0.868. The van der Waals surface area contributed by atoms with Crippen LogP contribution in [0, 0.1) is 0 Å². The topological polar surface area (TPSA) is 63.3 Å². The minimum atomic E-state index is -0.960. The maximum absolute atomic E-state index is 10.7. The van der Waals surface area contributed by atoms with E-state index in [1.165, 1.54) is 10.4 Å². The van der Waals surface area contributed by atoms with Gasteiger partial charge in [0.25, 0.3) is 0 Å². The van der Waals surface area contributed by atoms with Gasteiger partial charge in [-0.3, -0.25) is 4.79 Å². The number of hydrogen-bond acceptors (Lipinski definition) is 3. The number of carboxylic acid groups (broad SMARTS) is 1. The molecule has 3 N–H and O–H groups in total. The highest BCUT2D eigenvalue weighted by Gasteiger charge is 2.12. The van der Waals surface area contributed by atoms with Crippen molar-refractivity contribution in [3.8, 4) is 0 Å². The molecular formula is C14H15NO2S. The average Bonchev–Trinajstić information content (AvgIpc) is 2.82. The second-order valence-electron chi connectivity index (χ2n) is 4.22. The molecule has 0 unspecified atom stereocenters. The van der Waals surface area contributed by atoms with Crippen molar-refractivity contribution in [2.75, 3.05) is 0 Å². The van der Waals surface area contributed by atoms with Crippen LogP contribution in [0.4, 0.5) is 0 Å². The Morgan fingerprint density at radius 2 is 2.06 bits per heavy atom. The van der Waals surface area contributed by atoms with Gasteiger partial charge < -0.3 is 10.8 Å². The molecule has 2 rings (SSSR count). The normalized spacial score (nSPS) is 12.3. The molecule has 0 saturated heterocycles. The predicted molar refractivity (Wildman–Crippen MR) is 72.9 cm³/mol. The van der Waals surface area contributed by atoms with E-state index in [4.69, 9.17) is 10.8 Å². The summed E-state index contributed by atoms with van der Waals surface area (Å²) in [4.78, 5) is 12.0. The van der Waals surface area contributed by atoms with E-state index in [1.54, 1.807) is 11.3 Å². The second kappa shape index (κ2) is 5.80. The second-order valence-corrected chi connectivity index (χ2v) is 5.26. The number of thiophene rings is 1. The summed E-state index contributed by atoms with van der Waals surface area (Å²) in [5.74, 6) is -0.960. The van der Waals surface area contributed by atoms with Crippen LogP contribution >= 0.6 is 11.3 Å². The monoisotopic (exact) mass is 261 g/mol. The molecule has 1 heterocycles. The maximum Gasteiger partial charge on any atom is 0.320 e. The molecule has 0 aliphatic heterocycles.